The van der Waals surface area contributed by atoms with Gasteiger partial charge in [-0.1, -0.05) is 29.3 Å². The fraction of sp³-hybridized carbons (Fsp3) is 0.125. The van der Waals surface area contributed by atoms with Crippen molar-refractivity contribution in [2.45, 2.75) is 20.5 Å². The van der Waals surface area contributed by atoms with Crippen molar-refractivity contribution in [3.8, 4) is 11.4 Å². The highest BCUT2D eigenvalue weighted by molar-refractivity contribution is 6.35. The second-order valence-electron chi connectivity index (χ2n) is 7.48. The summed E-state index contributed by atoms with van der Waals surface area (Å²) in [6, 6.07) is 13.8. The van der Waals surface area contributed by atoms with E-state index in [9.17, 15) is 14.4 Å². The third-order valence-corrected chi connectivity index (χ3v) is 5.80. The maximum atomic E-state index is 12.0. The van der Waals surface area contributed by atoms with Crippen LogP contribution in [-0.2, 0) is 16.2 Å². The van der Waals surface area contributed by atoms with Crippen molar-refractivity contribution in [1.82, 2.24) is 15.2 Å². The average Bonchev–Trinajstić information content (AvgIpc) is 3.03. The van der Waals surface area contributed by atoms with Crippen molar-refractivity contribution in [1.29, 1.82) is 0 Å². The second-order valence-corrected chi connectivity index (χ2v) is 8.32. The van der Waals surface area contributed by atoms with Crippen LogP contribution in [0.3, 0.4) is 0 Å². The smallest absolute Gasteiger partial charge is 0.328 e. The van der Waals surface area contributed by atoms with Gasteiger partial charge >= 0.3 is 6.03 Å². The van der Waals surface area contributed by atoms with Crippen LogP contribution in [0.4, 0.5) is 4.79 Å². The van der Waals surface area contributed by atoms with E-state index in [1.807, 2.05) is 54.8 Å². The van der Waals surface area contributed by atoms with Crippen molar-refractivity contribution in [2.75, 3.05) is 0 Å². The number of aryl methyl sites for hydroxylation is 1. The maximum Gasteiger partial charge on any atom is 0.328 e. The zero-order chi connectivity index (χ0) is 23.7. The third kappa shape index (κ3) is 4.79. The van der Waals surface area contributed by atoms with Gasteiger partial charge in [-0.15, -0.1) is 0 Å². The molecule has 0 bridgehead atoms. The number of barbiturate groups is 1. The minimum absolute atomic E-state index is 0.126. The van der Waals surface area contributed by atoms with E-state index in [1.54, 1.807) is 12.1 Å². The largest absolute Gasteiger partial charge is 0.489 e. The van der Waals surface area contributed by atoms with E-state index in [1.165, 1.54) is 6.08 Å². The first kappa shape index (κ1) is 22.6. The number of amides is 4. The maximum absolute atomic E-state index is 12.0. The second kappa shape index (κ2) is 9.13. The molecule has 2 heterocycles. The summed E-state index contributed by atoms with van der Waals surface area (Å²) in [4.78, 5) is 35.3. The predicted molar refractivity (Wildman–Crippen MR) is 126 cm³/mol. The van der Waals surface area contributed by atoms with Crippen molar-refractivity contribution in [3.05, 3.63) is 86.7 Å². The monoisotopic (exact) mass is 483 g/mol. The molecule has 33 heavy (non-hydrogen) atoms. The topological polar surface area (TPSA) is 89.4 Å². The van der Waals surface area contributed by atoms with E-state index in [2.05, 4.69) is 10.6 Å². The fourth-order valence-electron chi connectivity index (χ4n) is 3.58. The summed E-state index contributed by atoms with van der Waals surface area (Å²) in [6.45, 7) is 4.11. The summed E-state index contributed by atoms with van der Waals surface area (Å²) in [5, 5.41) is 5.26. The zero-order valence-corrected chi connectivity index (χ0v) is 19.3. The lowest BCUT2D eigenvalue weighted by atomic mass is 10.1. The Morgan fingerprint density at radius 3 is 2.24 bits per heavy atom. The lowest BCUT2D eigenvalue weighted by molar-refractivity contribution is -0.123. The van der Waals surface area contributed by atoms with Crippen LogP contribution in [0.2, 0.25) is 10.0 Å². The SMILES string of the molecule is Cc1cc(C=C2C(=O)NC(=O)NC2=O)c(C)n1-c1ccc(OCc2ccc(Cl)cc2Cl)cc1. The first-order valence-corrected chi connectivity index (χ1v) is 10.7. The van der Waals surface area contributed by atoms with E-state index < -0.39 is 17.8 Å². The molecule has 2 N–H and O–H groups in total. The number of nitrogens with one attached hydrogen (secondary N) is 2. The van der Waals surface area contributed by atoms with Gasteiger partial charge < -0.3 is 9.30 Å². The molecule has 3 aromatic rings. The number of aromatic nitrogens is 1. The molecule has 9 heteroatoms. The van der Waals surface area contributed by atoms with Gasteiger partial charge in [-0.25, -0.2) is 4.79 Å². The summed E-state index contributed by atoms with van der Waals surface area (Å²) in [5.74, 6) is -0.776. The molecule has 0 unspecified atom stereocenters. The molecule has 4 rings (SSSR count). The number of hydrogen-bond acceptors (Lipinski definition) is 4. The third-order valence-electron chi connectivity index (χ3n) is 5.22. The fourth-order valence-corrected chi connectivity index (χ4v) is 4.05. The predicted octanol–water partition coefficient (Wildman–Crippen LogP) is 4.73. The summed E-state index contributed by atoms with van der Waals surface area (Å²) in [6.07, 6.45) is 1.48. The van der Waals surface area contributed by atoms with Crippen LogP contribution in [0.15, 0.2) is 54.1 Å². The van der Waals surface area contributed by atoms with Crippen LogP contribution in [0.5, 0.6) is 5.75 Å². The number of hydrogen-bond donors (Lipinski definition) is 2. The number of imide groups is 2. The summed E-state index contributed by atoms with van der Waals surface area (Å²) in [5.41, 5.74) is 4.03. The van der Waals surface area contributed by atoms with Gasteiger partial charge in [0.05, 0.1) is 0 Å². The Morgan fingerprint density at radius 2 is 1.61 bits per heavy atom. The highest BCUT2D eigenvalue weighted by Crippen LogP contribution is 2.26. The molecule has 1 aliphatic heterocycles. The minimum Gasteiger partial charge on any atom is -0.489 e. The highest BCUT2D eigenvalue weighted by atomic mass is 35.5. The van der Waals surface area contributed by atoms with Crippen LogP contribution in [-0.4, -0.2) is 22.4 Å². The number of urea groups is 1. The normalized spacial score (nSPS) is 13.6. The number of halogens is 2. The Kier molecular flexibility index (Phi) is 6.26. The molecule has 0 saturated carbocycles. The Bertz CT molecular complexity index is 1290. The van der Waals surface area contributed by atoms with E-state index in [0.717, 1.165) is 22.6 Å². The van der Waals surface area contributed by atoms with Crippen molar-refractivity contribution >= 4 is 47.1 Å². The summed E-state index contributed by atoms with van der Waals surface area (Å²) < 4.78 is 7.84. The molecule has 1 fully saturated rings. The van der Waals surface area contributed by atoms with Crippen LogP contribution >= 0.6 is 23.2 Å². The van der Waals surface area contributed by atoms with Gasteiger partial charge in [-0.05, 0) is 68.0 Å². The number of rotatable bonds is 5. The number of ether oxygens (including phenoxy) is 1. The van der Waals surface area contributed by atoms with Gasteiger partial charge in [-0.2, -0.15) is 0 Å². The first-order chi connectivity index (χ1) is 15.7. The molecule has 1 saturated heterocycles. The van der Waals surface area contributed by atoms with Crippen LogP contribution in [0, 0.1) is 13.8 Å². The standard InChI is InChI=1S/C24H19Cl2N3O4/c1-13-9-16(10-20-22(30)27-24(32)28-23(20)31)14(2)29(13)18-5-7-19(8-6-18)33-12-15-3-4-17(25)11-21(15)26/h3-11H,12H2,1-2H3,(H2,27,28,30,31,32). The highest BCUT2D eigenvalue weighted by Gasteiger charge is 2.28. The Balaban J connectivity index is 1.54. The van der Waals surface area contributed by atoms with Gasteiger partial charge in [-0.3, -0.25) is 20.2 Å². The van der Waals surface area contributed by atoms with Gasteiger partial charge in [0.25, 0.3) is 11.8 Å². The van der Waals surface area contributed by atoms with Crippen molar-refractivity contribution < 1.29 is 19.1 Å². The van der Waals surface area contributed by atoms with Crippen molar-refractivity contribution in [3.63, 3.8) is 0 Å². The quantitative estimate of drug-likeness (QED) is 0.405. The molecule has 0 atom stereocenters. The lowest BCUT2D eigenvalue weighted by Crippen LogP contribution is -2.51. The van der Waals surface area contributed by atoms with E-state index in [0.29, 0.717) is 28.0 Å². The molecule has 4 amide bonds. The number of benzene rings is 2. The Labute approximate surface area is 199 Å². The first-order valence-electron chi connectivity index (χ1n) is 9.97. The Hall–Kier alpha value is -3.55. The minimum atomic E-state index is -0.826. The van der Waals surface area contributed by atoms with E-state index in [4.69, 9.17) is 27.9 Å². The molecule has 1 aromatic heterocycles. The van der Waals surface area contributed by atoms with Gasteiger partial charge in [0.2, 0.25) is 0 Å². The molecule has 2 aromatic carbocycles. The average molecular weight is 484 g/mol. The van der Waals surface area contributed by atoms with Crippen LogP contribution in [0.1, 0.15) is 22.5 Å². The lowest BCUT2D eigenvalue weighted by Gasteiger charge is -2.14. The molecule has 168 valence electrons. The molecule has 0 aliphatic carbocycles. The molecule has 1 aliphatic rings. The van der Waals surface area contributed by atoms with E-state index >= 15 is 0 Å². The number of nitrogens with zero attached hydrogens (tertiary/aromatic N) is 1. The van der Waals surface area contributed by atoms with Gasteiger partial charge in [0.15, 0.2) is 0 Å². The zero-order valence-electron chi connectivity index (χ0n) is 17.7. The van der Waals surface area contributed by atoms with Crippen molar-refractivity contribution in [2.24, 2.45) is 0 Å². The van der Waals surface area contributed by atoms with Gasteiger partial charge in [0, 0.05) is 32.7 Å². The summed E-state index contributed by atoms with van der Waals surface area (Å²) >= 11 is 12.1. The van der Waals surface area contributed by atoms with E-state index in [-0.39, 0.29) is 5.57 Å². The molecule has 7 nitrogen and oxygen atoms in total. The Morgan fingerprint density at radius 1 is 0.939 bits per heavy atom. The molecule has 0 spiro atoms. The summed E-state index contributed by atoms with van der Waals surface area (Å²) in [7, 11) is 0. The number of carbonyl (C=O) groups is 3. The molecular weight excluding hydrogens is 465 g/mol. The van der Waals surface area contributed by atoms with Crippen LogP contribution < -0.4 is 15.4 Å². The van der Waals surface area contributed by atoms with Crippen LogP contribution in [0.25, 0.3) is 11.8 Å². The van der Waals surface area contributed by atoms with Gasteiger partial charge in [0.1, 0.15) is 17.9 Å². The molecular formula is C24H19Cl2N3O4. The number of carbonyl (C=O) groups excluding carboxylic acids is 3. The molecule has 0 radical (unpaired) electrons.